The van der Waals surface area contributed by atoms with Crippen LogP contribution in [0.4, 0.5) is 8.78 Å². The van der Waals surface area contributed by atoms with Crippen LogP contribution < -0.4 is 0 Å². The summed E-state index contributed by atoms with van der Waals surface area (Å²) >= 11 is 0. The number of halogens is 2. The number of carboxylic acids is 4. The van der Waals surface area contributed by atoms with Gasteiger partial charge in [-0.1, -0.05) is 12.1 Å². The molecule has 0 saturated heterocycles. The van der Waals surface area contributed by atoms with E-state index in [1.807, 2.05) is 0 Å². The lowest BCUT2D eigenvalue weighted by molar-refractivity contribution is 0.0643. The third-order valence-electron chi connectivity index (χ3n) is 3.70. The maximum absolute atomic E-state index is 13.6. The van der Waals surface area contributed by atoms with Gasteiger partial charge in [0.2, 0.25) is 0 Å². The quantitative estimate of drug-likeness (QED) is 0.597. The Morgan fingerprint density at radius 3 is 1.67 bits per heavy atom. The SMILES string of the molecule is O=C(O)c1ccc(-c2ccc(C(=O)O)c(C(=O)O)c2C(F)F)cc1C(=O)O. The highest BCUT2D eigenvalue weighted by Gasteiger charge is 2.29. The Labute approximate surface area is 148 Å². The van der Waals surface area contributed by atoms with E-state index in [0.29, 0.717) is 0 Å². The van der Waals surface area contributed by atoms with Gasteiger partial charge in [0.15, 0.2) is 0 Å². The molecule has 0 aliphatic carbocycles. The second-order valence-electron chi connectivity index (χ2n) is 5.23. The summed E-state index contributed by atoms with van der Waals surface area (Å²) in [6.45, 7) is 0. The molecule has 140 valence electrons. The molecule has 0 radical (unpaired) electrons. The van der Waals surface area contributed by atoms with E-state index in [1.54, 1.807) is 0 Å². The minimum atomic E-state index is -3.39. The fourth-order valence-electron chi connectivity index (χ4n) is 2.58. The molecule has 2 aromatic rings. The molecular weight excluding hydrogens is 370 g/mol. The molecule has 0 atom stereocenters. The van der Waals surface area contributed by atoms with Crippen molar-refractivity contribution in [1.29, 1.82) is 0 Å². The van der Waals surface area contributed by atoms with Crippen LogP contribution >= 0.6 is 0 Å². The van der Waals surface area contributed by atoms with Crippen molar-refractivity contribution in [3.05, 3.63) is 58.1 Å². The molecular formula is C17H10F2O8. The second kappa shape index (κ2) is 7.20. The van der Waals surface area contributed by atoms with Gasteiger partial charge in [-0.2, -0.15) is 0 Å². The van der Waals surface area contributed by atoms with Gasteiger partial charge in [-0.25, -0.2) is 28.0 Å². The number of rotatable bonds is 6. The average Bonchev–Trinajstić information content (AvgIpc) is 2.59. The summed E-state index contributed by atoms with van der Waals surface area (Å²) in [6.07, 6.45) is -3.39. The number of benzene rings is 2. The van der Waals surface area contributed by atoms with Crippen LogP contribution in [0.3, 0.4) is 0 Å². The van der Waals surface area contributed by atoms with Crippen LogP contribution in [-0.2, 0) is 0 Å². The zero-order chi connectivity index (χ0) is 20.5. The Kier molecular flexibility index (Phi) is 5.20. The fraction of sp³-hybridized carbons (Fsp3) is 0.0588. The Morgan fingerprint density at radius 1 is 0.704 bits per heavy atom. The van der Waals surface area contributed by atoms with Crippen LogP contribution in [0, 0.1) is 0 Å². The molecule has 4 N–H and O–H groups in total. The van der Waals surface area contributed by atoms with Crippen LogP contribution in [0.25, 0.3) is 11.1 Å². The van der Waals surface area contributed by atoms with Gasteiger partial charge in [-0.15, -0.1) is 0 Å². The fourth-order valence-corrected chi connectivity index (χ4v) is 2.58. The van der Waals surface area contributed by atoms with Gasteiger partial charge in [0.1, 0.15) is 0 Å². The van der Waals surface area contributed by atoms with Gasteiger partial charge >= 0.3 is 23.9 Å². The molecule has 0 bridgehead atoms. The van der Waals surface area contributed by atoms with Crippen LogP contribution in [-0.4, -0.2) is 44.3 Å². The third kappa shape index (κ3) is 3.59. The topological polar surface area (TPSA) is 149 Å². The first-order valence-corrected chi connectivity index (χ1v) is 7.08. The normalized spacial score (nSPS) is 10.6. The van der Waals surface area contributed by atoms with Crippen molar-refractivity contribution in [3.8, 4) is 11.1 Å². The summed E-state index contributed by atoms with van der Waals surface area (Å²) in [7, 11) is 0. The van der Waals surface area contributed by atoms with Crippen molar-refractivity contribution in [3.63, 3.8) is 0 Å². The van der Waals surface area contributed by atoms with Crippen molar-refractivity contribution in [2.75, 3.05) is 0 Å². The van der Waals surface area contributed by atoms with E-state index < -0.39 is 63.7 Å². The van der Waals surface area contributed by atoms with Crippen LogP contribution in [0.15, 0.2) is 30.3 Å². The minimum Gasteiger partial charge on any atom is -0.478 e. The summed E-state index contributed by atoms with van der Waals surface area (Å²) in [5.74, 6) is -6.81. The molecule has 0 unspecified atom stereocenters. The second-order valence-corrected chi connectivity index (χ2v) is 5.23. The Morgan fingerprint density at radius 2 is 1.22 bits per heavy atom. The standard InChI is InChI=1S/C17H10F2O8/c18-13(19)11-7(3-4-9(15(22)23)12(11)17(26)27)6-1-2-8(14(20)21)10(5-6)16(24)25/h1-5,13H,(H,20,21)(H,22,23)(H,24,25)(H,26,27). The van der Waals surface area contributed by atoms with Crippen LogP contribution in [0.1, 0.15) is 53.4 Å². The molecule has 0 aliphatic rings. The minimum absolute atomic E-state index is 0.202. The number of alkyl halides is 2. The summed E-state index contributed by atoms with van der Waals surface area (Å²) in [5, 5.41) is 36.4. The monoisotopic (exact) mass is 380 g/mol. The van der Waals surface area contributed by atoms with Crippen LogP contribution in [0.2, 0.25) is 0 Å². The summed E-state index contributed by atoms with van der Waals surface area (Å²) < 4.78 is 27.2. The van der Waals surface area contributed by atoms with Crippen molar-refractivity contribution in [2.24, 2.45) is 0 Å². The molecule has 27 heavy (non-hydrogen) atoms. The number of carbonyl (C=O) groups is 4. The molecule has 8 nitrogen and oxygen atoms in total. The summed E-state index contributed by atoms with van der Waals surface area (Å²) in [4.78, 5) is 44.9. The predicted octanol–water partition coefficient (Wildman–Crippen LogP) is 3.08. The Bertz CT molecular complexity index is 981. The van der Waals surface area contributed by atoms with E-state index in [9.17, 15) is 33.1 Å². The van der Waals surface area contributed by atoms with E-state index in [4.69, 9.17) is 15.3 Å². The maximum Gasteiger partial charge on any atom is 0.337 e. The van der Waals surface area contributed by atoms with E-state index in [-0.39, 0.29) is 5.56 Å². The van der Waals surface area contributed by atoms with Crippen molar-refractivity contribution in [2.45, 2.75) is 6.43 Å². The van der Waals surface area contributed by atoms with Crippen molar-refractivity contribution >= 4 is 23.9 Å². The van der Waals surface area contributed by atoms with Crippen LogP contribution in [0.5, 0.6) is 0 Å². The highest BCUT2D eigenvalue weighted by Crippen LogP contribution is 2.36. The number of hydrogen-bond donors (Lipinski definition) is 4. The number of aromatic carboxylic acids is 4. The number of hydrogen-bond acceptors (Lipinski definition) is 4. The molecule has 2 aromatic carbocycles. The molecule has 0 heterocycles. The first-order valence-electron chi connectivity index (χ1n) is 7.08. The molecule has 0 spiro atoms. The largest absolute Gasteiger partial charge is 0.478 e. The molecule has 0 saturated carbocycles. The molecule has 0 amide bonds. The van der Waals surface area contributed by atoms with Gasteiger partial charge in [0.05, 0.1) is 22.3 Å². The smallest absolute Gasteiger partial charge is 0.337 e. The molecule has 10 heteroatoms. The van der Waals surface area contributed by atoms with E-state index >= 15 is 0 Å². The lowest BCUT2D eigenvalue weighted by Gasteiger charge is -2.15. The number of carboxylic acid groups (broad SMARTS) is 4. The maximum atomic E-state index is 13.6. The van der Waals surface area contributed by atoms with Gasteiger partial charge in [-0.05, 0) is 29.3 Å². The highest BCUT2D eigenvalue weighted by atomic mass is 19.3. The van der Waals surface area contributed by atoms with Gasteiger partial charge in [0, 0.05) is 5.56 Å². The van der Waals surface area contributed by atoms with E-state index in [0.717, 1.165) is 30.3 Å². The lowest BCUT2D eigenvalue weighted by Crippen LogP contribution is -2.13. The zero-order valence-corrected chi connectivity index (χ0v) is 13.1. The third-order valence-corrected chi connectivity index (χ3v) is 3.70. The van der Waals surface area contributed by atoms with Crippen molar-refractivity contribution < 1.29 is 48.4 Å². The summed E-state index contributed by atoms with van der Waals surface area (Å²) in [6, 6.07) is 4.43. The average molecular weight is 380 g/mol. The van der Waals surface area contributed by atoms with E-state index in [1.165, 1.54) is 0 Å². The van der Waals surface area contributed by atoms with Gasteiger partial charge in [0.25, 0.3) is 6.43 Å². The molecule has 0 aliphatic heterocycles. The predicted molar refractivity (Wildman–Crippen MR) is 84.7 cm³/mol. The van der Waals surface area contributed by atoms with E-state index in [2.05, 4.69) is 0 Å². The zero-order valence-electron chi connectivity index (χ0n) is 13.1. The molecule has 0 fully saturated rings. The molecule has 2 rings (SSSR count). The lowest BCUT2D eigenvalue weighted by atomic mass is 9.90. The Balaban J connectivity index is 2.87. The van der Waals surface area contributed by atoms with Gasteiger partial charge < -0.3 is 20.4 Å². The van der Waals surface area contributed by atoms with Crippen molar-refractivity contribution in [1.82, 2.24) is 0 Å². The molecule has 0 aromatic heterocycles. The Hall–Kier alpha value is -3.82. The first kappa shape index (κ1) is 19.5. The first-order chi connectivity index (χ1) is 12.6. The highest BCUT2D eigenvalue weighted by molar-refractivity contribution is 6.05. The van der Waals surface area contributed by atoms with Gasteiger partial charge in [-0.3, -0.25) is 0 Å². The summed E-state index contributed by atoms with van der Waals surface area (Å²) in [5.41, 5.74) is -5.01.